The maximum atomic E-state index is 9.94. The maximum Gasteiger partial charge on any atom is 0.161 e. The number of anilines is 3. The number of pyridine rings is 1. The molecule has 1 aliphatic heterocycles. The molecule has 2 N–H and O–H groups in total. The number of aromatic hydroxyl groups is 1. The van der Waals surface area contributed by atoms with Crippen molar-refractivity contribution in [2.75, 3.05) is 43.5 Å². The number of rotatable bonds is 6. The molecule has 0 spiro atoms. The molecule has 2 aromatic carbocycles. The Morgan fingerprint density at radius 1 is 0.971 bits per heavy atom. The first kappa shape index (κ1) is 22.1. The van der Waals surface area contributed by atoms with Gasteiger partial charge in [-0.2, -0.15) is 0 Å². The van der Waals surface area contributed by atoms with Crippen molar-refractivity contribution in [1.29, 1.82) is 0 Å². The highest BCUT2D eigenvalue weighted by Gasteiger charge is 2.19. The molecule has 1 fully saturated rings. The van der Waals surface area contributed by atoms with E-state index in [9.17, 15) is 5.11 Å². The van der Waals surface area contributed by atoms with Crippen molar-refractivity contribution in [3.63, 3.8) is 0 Å². The predicted octanol–water partition coefficient (Wildman–Crippen LogP) is 4.99. The van der Waals surface area contributed by atoms with Crippen LogP contribution in [0.2, 0.25) is 0 Å². The first-order valence-corrected chi connectivity index (χ1v) is 11.7. The van der Waals surface area contributed by atoms with Crippen LogP contribution in [0.3, 0.4) is 0 Å². The molecule has 1 aliphatic rings. The van der Waals surface area contributed by atoms with E-state index in [2.05, 4.69) is 58.2 Å². The Labute approximate surface area is 200 Å². The number of hydrogen-bond acceptors (Lipinski definition) is 6. The molecule has 0 radical (unpaired) electrons. The van der Waals surface area contributed by atoms with E-state index >= 15 is 0 Å². The summed E-state index contributed by atoms with van der Waals surface area (Å²) in [5.41, 5.74) is 5.94. The lowest BCUT2D eigenvalue weighted by atomic mass is 10.1. The predicted molar refractivity (Wildman–Crippen MR) is 137 cm³/mol. The van der Waals surface area contributed by atoms with Crippen molar-refractivity contribution < 1.29 is 9.84 Å². The summed E-state index contributed by atoms with van der Waals surface area (Å²) in [6, 6.07) is 18.7. The van der Waals surface area contributed by atoms with Crippen molar-refractivity contribution in [2.45, 2.75) is 19.9 Å². The van der Waals surface area contributed by atoms with Crippen LogP contribution in [0.25, 0.3) is 16.9 Å². The van der Waals surface area contributed by atoms with Gasteiger partial charge in [0.15, 0.2) is 17.1 Å². The van der Waals surface area contributed by atoms with Gasteiger partial charge < -0.3 is 20.1 Å². The van der Waals surface area contributed by atoms with Gasteiger partial charge in [0, 0.05) is 61.6 Å². The Kier molecular flexibility index (Phi) is 6.02. The molecule has 7 nitrogen and oxygen atoms in total. The number of hydrogen-bond donors (Lipinski definition) is 2. The van der Waals surface area contributed by atoms with E-state index < -0.39 is 0 Å². The molecule has 0 bridgehead atoms. The number of benzene rings is 2. The quantitative estimate of drug-likeness (QED) is 0.425. The third-order valence-electron chi connectivity index (χ3n) is 6.58. The number of fused-ring (bicyclic) bond motifs is 1. The topological polar surface area (TPSA) is 65.3 Å². The minimum atomic E-state index is 0.122. The fraction of sp³-hybridized carbons (Fsp3) is 0.296. The second kappa shape index (κ2) is 9.27. The molecule has 4 aromatic rings. The smallest absolute Gasteiger partial charge is 0.161 e. The van der Waals surface area contributed by atoms with Gasteiger partial charge in [0.1, 0.15) is 0 Å². The van der Waals surface area contributed by atoms with Gasteiger partial charge in [-0.1, -0.05) is 0 Å². The van der Waals surface area contributed by atoms with E-state index in [1.165, 1.54) is 5.69 Å². The molecule has 0 aliphatic carbocycles. The molecule has 7 heteroatoms. The molecule has 3 heterocycles. The number of methoxy groups -OCH3 is 1. The molecule has 2 aromatic heterocycles. The van der Waals surface area contributed by atoms with E-state index in [1.54, 1.807) is 19.4 Å². The summed E-state index contributed by atoms with van der Waals surface area (Å²) in [5, 5.41) is 13.5. The van der Waals surface area contributed by atoms with Gasteiger partial charge in [-0.25, -0.2) is 4.98 Å². The van der Waals surface area contributed by atoms with E-state index in [-0.39, 0.29) is 5.75 Å². The van der Waals surface area contributed by atoms with Gasteiger partial charge in [0.25, 0.3) is 0 Å². The highest BCUT2D eigenvalue weighted by molar-refractivity contribution is 5.79. The Balaban J connectivity index is 1.35. The van der Waals surface area contributed by atoms with Gasteiger partial charge >= 0.3 is 0 Å². The second-order valence-electron chi connectivity index (χ2n) is 8.93. The van der Waals surface area contributed by atoms with Crippen molar-refractivity contribution in [3.8, 4) is 22.8 Å². The van der Waals surface area contributed by atoms with Crippen LogP contribution in [0.15, 0.2) is 67.0 Å². The number of piperazine rings is 1. The summed E-state index contributed by atoms with van der Waals surface area (Å²) >= 11 is 0. The number of phenols is 1. The number of nitrogens with one attached hydrogen (secondary N) is 1. The molecule has 5 rings (SSSR count). The van der Waals surface area contributed by atoms with Crippen LogP contribution < -0.4 is 15.0 Å². The fourth-order valence-corrected chi connectivity index (χ4v) is 4.59. The maximum absolute atomic E-state index is 9.94. The first-order valence-electron chi connectivity index (χ1n) is 11.7. The van der Waals surface area contributed by atoms with Crippen molar-refractivity contribution in [1.82, 2.24) is 14.3 Å². The molecular weight excluding hydrogens is 426 g/mol. The summed E-state index contributed by atoms with van der Waals surface area (Å²) in [4.78, 5) is 9.56. The van der Waals surface area contributed by atoms with E-state index in [4.69, 9.17) is 4.74 Å². The number of imidazole rings is 1. The van der Waals surface area contributed by atoms with Crippen LogP contribution >= 0.6 is 0 Å². The molecule has 0 atom stereocenters. The zero-order valence-corrected chi connectivity index (χ0v) is 19.9. The monoisotopic (exact) mass is 457 g/mol. The lowest BCUT2D eigenvalue weighted by molar-refractivity contribution is 0.209. The lowest BCUT2D eigenvalue weighted by Crippen LogP contribution is -2.48. The molecule has 0 amide bonds. The van der Waals surface area contributed by atoms with Gasteiger partial charge in [-0.15, -0.1) is 0 Å². The van der Waals surface area contributed by atoms with E-state index in [0.717, 1.165) is 54.5 Å². The lowest BCUT2D eigenvalue weighted by Gasteiger charge is -2.38. The summed E-state index contributed by atoms with van der Waals surface area (Å²) < 4.78 is 7.32. The fourth-order valence-electron chi connectivity index (χ4n) is 4.59. The Morgan fingerprint density at radius 2 is 1.74 bits per heavy atom. The van der Waals surface area contributed by atoms with Crippen molar-refractivity contribution in [2.24, 2.45) is 0 Å². The molecular formula is C27H31N5O2. The summed E-state index contributed by atoms with van der Waals surface area (Å²) in [7, 11) is 1.55. The average Bonchev–Trinajstić information content (AvgIpc) is 3.36. The molecule has 34 heavy (non-hydrogen) atoms. The van der Waals surface area contributed by atoms with Gasteiger partial charge in [-0.05, 0) is 68.4 Å². The number of aromatic nitrogens is 2. The van der Waals surface area contributed by atoms with Crippen molar-refractivity contribution >= 4 is 22.7 Å². The number of phenolic OH excluding ortho intramolecular Hbond substituents is 1. The third-order valence-corrected chi connectivity index (χ3v) is 6.58. The SMILES string of the molecule is COc1cc(-c2ccc(Nc3ccc(N4CCN(C(C)C)CC4)cc3)c3nccn23)ccc1O. The third kappa shape index (κ3) is 4.26. The summed E-state index contributed by atoms with van der Waals surface area (Å²) in [6.07, 6.45) is 3.73. The van der Waals surface area contributed by atoms with Crippen LogP contribution in [0, 0.1) is 0 Å². The highest BCUT2D eigenvalue weighted by atomic mass is 16.5. The Hall–Kier alpha value is -3.71. The van der Waals surface area contributed by atoms with E-state index in [0.29, 0.717) is 11.8 Å². The molecule has 176 valence electrons. The summed E-state index contributed by atoms with van der Waals surface area (Å²) in [5.74, 6) is 0.565. The van der Waals surface area contributed by atoms with Crippen LogP contribution in [-0.2, 0) is 0 Å². The van der Waals surface area contributed by atoms with Crippen LogP contribution in [0.5, 0.6) is 11.5 Å². The minimum Gasteiger partial charge on any atom is -0.504 e. The van der Waals surface area contributed by atoms with Crippen LogP contribution in [-0.4, -0.2) is 58.7 Å². The van der Waals surface area contributed by atoms with Gasteiger partial charge in [0.2, 0.25) is 0 Å². The Morgan fingerprint density at radius 3 is 2.44 bits per heavy atom. The minimum absolute atomic E-state index is 0.122. The van der Waals surface area contributed by atoms with Crippen molar-refractivity contribution in [3.05, 3.63) is 67.0 Å². The summed E-state index contributed by atoms with van der Waals surface area (Å²) in [6.45, 7) is 8.86. The zero-order valence-electron chi connectivity index (χ0n) is 19.9. The number of nitrogens with zero attached hydrogens (tertiary/aromatic N) is 4. The van der Waals surface area contributed by atoms with Gasteiger partial charge in [0.05, 0.1) is 18.5 Å². The molecule has 0 saturated carbocycles. The van der Waals surface area contributed by atoms with E-state index in [1.807, 2.05) is 34.9 Å². The van der Waals surface area contributed by atoms with Crippen LogP contribution in [0.1, 0.15) is 13.8 Å². The standard InChI is InChI=1S/C27H31N5O2/c1-19(2)30-14-16-31(17-15-30)22-7-5-21(6-8-22)29-23-9-10-24(32-13-12-28-27(23)32)20-4-11-25(33)26(18-20)34-3/h4-13,18-19,29,33H,14-17H2,1-3H3. The second-order valence-corrected chi connectivity index (χ2v) is 8.93. The van der Waals surface area contributed by atoms with Crippen LogP contribution in [0.4, 0.5) is 17.1 Å². The molecule has 0 unspecified atom stereocenters. The molecule has 1 saturated heterocycles. The number of ether oxygens (including phenoxy) is 1. The van der Waals surface area contributed by atoms with Gasteiger partial charge in [-0.3, -0.25) is 9.30 Å². The normalized spacial score (nSPS) is 14.6. The highest BCUT2D eigenvalue weighted by Crippen LogP contribution is 2.33. The zero-order chi connectivity index (χ0) is 23.7. The average molecular weight is 458 g/mol. The largest absolute Gasteiger partial charge is 0.504 e. The first-order chi connectivity index (χ1) is 16.5. The Bertz CT molecular complexity index is 1270.